The minimum Gasteiger partial charge on any atom is -0.463 e. The molecule has 0 aliphatic rings. The van der Waals surface area contributed by atoms with E-state index < -0.39 is 19.6 Å². The Kier molecular flexibility index (Phi) is 5.45. The topological polar surface area (TPSA) is 82.1 Å². The molecule has 0 radical (unpaired) electrons. The number of ether oxygens (including phenoxy) is 1. The number of methoxy groups -OCH3 is 1. The summed E-state index contributed by atoms with van der Waals surface area (Å²) in [6.45, 7) is 4.93. The second-order valence-electron chi connectivity index (χ2n) is 2.31. The summed E-state index contributed by atoms with van der Waals surface area (Å²) < 4.78 is 24.0. The minimum absolute atomic E-state index is 0.0578. The van der Waals surface area contributed by atoms with E-state index in [1.807, 2.05) is 0 Å². The van der Waals surface area contributed by atoms with Gasteiger partial charge in [0.25, 0.3) is 0 Å². The van der Waals surface area contributed by atoms with Crippen LogP contribution < -0.4 is 0 Å². The van der Waals surface area contributed by atoms with Crippen LogP contribution in [0.5, 0.6) is 0 Å². The Morgan fingerprint density at radius 1 is 1.57 bits per heavy atom. The van der Waals surface area contributed by atoms with E-state index in [9.17, 15) is 9.36 Å². The Morgan fingerprint density at radius 3 is 2.57 bits per heavy atom. The van der Waals surface area contributed by atoms with Gasteiger partial charge in [-0.1, -0.05) is 6.92 Å². The van der Waals surface area contributed by atoms with Crippen LogP contribution in [0.4, 0.5) is 0 Å². The molecule has 0 fully saturated rings. The summed E-state index contributed by atoms with van der Waals surface area (Å²) in [7, 11) is -3.13. The maximum Gasteiger partial charge on any atom is 0.527 e. The van der Waals surface area contributed by atoms with E-state index in [4.69, 9.17) is 4.89 Å². The second kappa shape index (κ2) is 5.80. The first-order valence-electron chi connectivity index (χ1n) is 3.87. The molecule has 0 saturated carbocycles. The van der Waals surface area contributed by atoms with Gasteiger partial charge in [0, 0.05) is 0 Å². The van der Waals surface area contributed by atoms with Crippen molar-refractivity contribution < 1.29 is 28.0 Å². The predicted molar refractivity (Wildman–Crippen MR) is 48.3 cm³/mol. The summed E-state index contributed by atoms with van der Waals surface area (Å²) in [5, 5.41) is 0. The predicted octanol–water partition coefficient (Wildman–Crippen LogP) is 1.22. The lowest BCUT2D eigenvalue weighted by Gasteiger charge is -2.12. The molecule has 82 valence electrons. The fraction of sp³-hybridized carbons (Fsp3) is 0.571. The number of phosphoric ester groups is 1. The Bertz CT molecular complexity index is 261. The van der Waals surface area contributed by atoms with Gasteiger partial charge in [0.15, 0.2) is 0 Å². The zero-order valence-corrected chi connectivity index (χ0v) is 8.95. The molecule has 1 atom stereocenters. The Hall–Kier alpha value is -0.840. The van der Waals surface area contributed by atoms with Gasteiger partial charge in [0.1, 0.15) is 0 Å². The van der Waals surface area contributed by atoms with Gasteiger partial charge in [-0.15, -0.1) is 0 Å². The van der Waals surface area contributed by atoms with Crippen molar-refractivity contribution in [2.24, 2.45) is 0 Å². The van der Waals surface area contributed by atoms with E-state index in [1.165, 1.54) is 0 Å². The molecule has 0 amide bonds. The van der Waals surface area contributed by atoms with Crippen LogP contribution >= 0.6 is 7.82 Å². The third kappa shape index (κ3) is 5.01. The number of phosphoric acid groups is 1. The van der Waals surface area contributed by atoms with Crippen molar-refractivity contribution in [3.63, 3.8) is 0 Å². The van der Waals surface area contributed by atoms with E-state index in [1.54, 1.807) is 6.92 Å². The molecule has 0 aromatic heterocycles. The lowest BCUT2D eigenvalue weighted by molar-refractivity contribution is -0.138. The van der Waals surface area contributed by atoms with Gasteiger partial charge < -0.3 is 9.26 Å². The molecule has 6 nitrogen and oxygen atoms in total. The van der Waals surface area contributed by atoms with Crippen LogP contribution in [0.25, 0.3) is 0 Å². The molecular weight excluding hydrogens is 211 g/mol. The van der Waals surface area contributed by atoms with Crippen molar-refractivity contribution in [2.45, 2.75) is 13.3 Å². The van der Waals surface area contributed by atoms with Gasteiger partial charge in [-0.05, 0) is 13.0 Å². The van der Waals surface area contributed by atoms with E-state index >= 15 is 0 Å². The smallest absolute Gasteiger partial charge is 0.463 e. The average Bonchev–Trinajstić information content (AvgIpc) is 2.12. The third-order valence-electron chi connectivity index (χ3n) is 1.10. The monoisotopic (exact) mass is 224 g/mol. The average molecular weight is 224 g/mol. The first-order chi connectivity index (χ1) is 6.43. The highest BCUT2D eigenvalue weighted by Crippen LogP contribution is 2.45. The van der Waals surface area contributed by atoms with Crippen LogP contribution in [-0.2, 0) is 23.1 Å². The maximum atomic E-state index is 11.0. The largest absolute Gasteiger partial charge is 0.527 e. The summed E-state index contributed by atoms with van der Waals surface area (Å²) >= 11 is 0. The molecule has 0 bridgehead atoms. The van der Waals surface area contributed by atoms with E-state index in [0.29, 0.717) is 6.42 Å². The van der Waals surface area contributed by atoms with E-state index in [0.717, 1.165) is 7.11 Å². The van der Waals surface area contributed by atoms with Crippen molar-refractivity contribution in [3.8, 4) is 0 Å². The molecule has 0 rings (SSSR count). The highest BCUT2D eigenvalue weighted by atomic mass is 31.2. The van der Waals surface area contributed by atoms with Gasteiger partial charge >= 0.3 is 13.8 Å². The molecular formula is C7H13O6P. The highest BCUT2D eigenvalue weighted by Gasteiger charge is 2.26. The first kappa shape index (κ1) is 13.2. The lowest BCUT2D eigenvalue weighted by atomic mass is 10.5. The Morgan fingerprint density at radius 2 is 2.14 bits per heavy atom. The maximum absolute atomic E-state index is 11.0. The normalized spacial score (nSPS) is 14.2. The standard InChI is InChI=1S/C7H13O6P/c1-4-5-12-14(9,10)13-6(2)7(8)11-3/h2,4-5H2,1,3H3,(H,9,10). The minimum atomic E-state index is -4.23. The van der Waals surface area contributed by atoms with Crippen LogP contribution in [-0.4, -0.2) is 24.6 Å². The van der Waals surface area contributed by atoms with Crippen LogP contribution in [0.3, 0.4) is 0 Å². The number of hydrogen-bond donors (Lipinski definition) is 1. The van der Waals surface area contributed by atoms with Crippen molar-refractivity contribution in [3.05, 3.63) is 12.3 Å². The molecule has 0 heterocycles. The first-order valence-corrected chi connectivity index (χ1v) is 5.36. The van der Waals surface area contributed by atoms with Gasteiger partial charge in [-0.2, -0.15) is 0 Å². The van der Waals surface area contributed by atoms with Gasteiger partial charge in [0.05, 0.1) is 13.7 Å². The summed E-state index contributed by atoms with van der Waals surface area (Å²) in [5.74, 6) is -1.48. The SMILES string of the molecule is C=C(OP(=O)(O)OCCC)C(=O)OC. The lowest BCUT2D eigenvalue weighted by Crippen LogP contribution is -2.07. The number of hydrogen-bond acceptors (Lipinski definition) is 5. The Labute approximate surface area is 82.1 Å². The molecule has 0 spiro atoms. The molecule has 0 aromatic rings. The Balaban J connectivity index is 4.15. The molecule has 7 heteroatoms. The fourth-order valence-electron chi connectivity index (χ4n) is 0.523. The zero-order valence-electron chi connectivity index (χ0n) is 8.06. The molecule has 0 aromatic carbocycles. The number of carbonyl (C=O) groups is 1. The number of esters is 1. The molecule has 0 aliphatic carbocycles. The van der Waals surface area contributed by atoms with Crippen LogP contribution in [0, 0.1) is 0 Å². The van der Waals surface area contributed by atoms with Crippen LogP contribution in [0.15, 0.2) is 12.3 Å². The van der Waals surface area contributed by atoms with E-state index in [2.05, 4.69) is 20.4 Å². The molecule has 1 unspecified atom stereocenters. The molecule has 0 aliphatic heterocycles. The molecule has 14 heavy (non-hydrogen) atoms. The molecule has 1 N–H and O–H groups in total. The quantitative estimate of drug-likeness (QED) is 0.316. The van der Waals surface area contributed by atoms with Crippen molar-refractivity contribution in [1.29, 1.82) is 0 Å². The van der Waals surface area contributed by atoms with E-state index in [-0.39, 0.29) is 6.61 Å². The summed E-state index contributed by atoms with van der Waals surface area (Å²) in [4.78, 5) is 19.7. The van der Waals surface area contributed by atoms with Gasteiger partial charge in [0.2, 0.25) is 5.76 Å². The fourth-order valence-corrected chi connectivity index (χ4v) is 1.34. The zero-order chi connectivity index (χ0) is 11.2. The molecule has 0 saturated heterocycles. The highest BCUT2D eigenvalue weighted by molar-refractivity contribution is 7.47. The third-order valence-corrected chi connectivity index (χ3v) is 2.06. The summed E-state index contributed by atoms with van der Waals surface area (Å²) in [6.07, 6.45) is 0.554. The van der Waals surface area contributed by atoms with Crippen LogP contribution in [0.2, 0.25) is 0 Å². The van der Waals surface area contributed by atoms with Crippen molar-refractivity contribution in [2.75, 3.05) is 13.7 Å². The number of carbonyl (C=O) groups excluding carboxylic acids is 1. The second-order valence-corrected chi connectivity index (χ2v) is 3.69. The van der Waals surface area contributed by atoms with Crippen LogP contribution in [0.1, 0.15) is 13.3 Å². The van der Waals surface area contributed by atoms with Gasteiger partial charge in [-0.3, -0.25) is 9.42 Å². The van der Waals surface area contributed by atoms with Gasteiger partial charge in [-0.25, -0.2) is 9.36 Å². The van der Waals surface area contributed by atoms with Crippen molar-refractivity contribution in [1.82, 2.24) is 0 Å². The van der Waals surface area contributed by atoms with Crippen molar-refractivity contribution >= 4 is 13.8 Å². The summed E-state index contributed by atoms with van der Waals surface area (Å²) in [5.41, 5.74) is 0. The number of rotatable bonds is 6. The summed E-state index contributed by atoms with van der Waals surface area (Å²) in [6, 6.07) is 0.